The van der Waals surface area contributed by atoms with E-state index in [1.54, 1.807) is 0 Å². The Morgan fingerprint density at radius 3 is 2.52 bits per heavy atom. The third kappa shape index (κ3) is 8.33. The summed E-state index contributed by atoms with van der Waals surface area (Å²) in [5, 5.41) is 2.98. The van der Waals surface area contributed by atoms with Gasteiger partial charge in [-0.2, -0.15) is 0 Å². The molecule has 146 valence electrons. The van der Waals surface area contributed by atoms with Gasteiger partial charge in [0.2, 0.25) is 15.9 Å². The van der Waals surface area contributed by atoms with Crippen molar-refractivity contribution < 1.29 is 13.2 Å². The zero-order chi connectivity index (χ0) is 19.2. The topological polar surface area (TPSA) is 78.5 Å². The highest BCUT2D eigenvalue weighted by molar-refractivity contribution is 7.88. The second-order valence-electron chi connectivity index (χ2n) is 7.89. The minimum absolute atomic E-state index is 0.0924. The summed E-state index contributed by atoms with van der Waals surface area (Å²) in [5.74, 6) is 1.33. The van der Waals surface area contributed by atoms with Crippen molar-refractivity contribution >= 4 is 15.9 Å². The monoisotopic (exact) mass is 373 g/mol. The van der Waals surface area contributed by atoms with E-state index in [2.05, 4.69) is 36.9 Å². The molecule has 7 heteroatoms. The van der Waals surface area contributed by atoms with Crippen molar-refractivity contribution in [1.29, 1.82) is 0 Å². The van der Waals surface area contributed by atoms with Crippen LogP contribution in [0, 0.1) is 23.7 Å². The molecule has 1 amide bonds. The van der Waals surface area contributed by atoms with Gasteiger partial charge in [-0.3, -0.25) is 4.79 Å². The van der Waals surface area contributed by atoms with E-state index in [1.807, 2.05) is 19.0 Å². The van der Waals surface area contributed by atoms with Gasteiger partial charge >= 0.3 is 0 Å². The molecular weight excluding hydrogens is 338 g/mol. The maximum atomic E-state index is 12.2. The zero-order valence-electron chi connectivity index (χ0n) is 16.5. The number of sulfonamides is 1. The van der Waals surface area contributed by atoms with E-state index < -0.39 is 10.0 Å². The van der Waals surface area contributed by atoms with Gasteiger partial charge in [-0.15, -0.1) is 0 Å². The van der Waals surface area contributed by atoms with E-state index in [0.717, 1.165) is 13.0 Å². The molecule has 0 bridgehead atoms. The summed E-state index contributed by atoms with van der Waals surface area (Å²) in [6.45, 7) is 8.32. The fraction of sp³-hybridized carbons (Fsp3) is 0.833. The van der Waals surface area contributed by atoms with E-state index >= 15 is 0 Å². The summed E-state index contributed by atoms with van der Waals surface area (Å²) in [5.41, 5.74) is 1.19. The van der Waals surface area contributed by atoms with Crippen LogP contribution in [0.1, 0.15) is 33.6 Å². The summed E-state index contributed by atoms with van der Waals surface area (Å²) in [7, 11) is 0.781. The fourth-order valence-electron chi connectivity index (χ4n) is 3.47. The van der Waals surface area contributed by atoms with Gasteiger partial charge in [0.15, 0.2) is 0 Å². The molecule has 0 heterocycles. The molecule has 0 aliphatic heterocycles. The van der Waals surface area contributed by atoms with E-state index in [1.165, 1.54) is 11.8 Å². The normalized spacial score (nSPS) is 24.5. The van der Waals surface area contributed by atoms with Crippen molar-refractivity contribution in [3.8, 4) is 0 Å². The van der Waals surface area contributed by atoms with Crippen LogP contribution in [-0.4, -0.2) is 59.2 Å². The molecular formula is C18H35N3O3S. The first-order chi connectivity index (χ1) is 11.5. The van der Waals surface area contributed by atoms with Crippen molar-refractivity contribution in [2.24, 2.45) is 23.7 Å². The number of hydrogen-bond acceptors (Lipinski definition) is 4. The number of carbonyl (C=O) groups excluding carboxylic acids is 1. The fourth-order valence-corrected chi connectivity index (χ4v) is 3.97. The highest BCUT2D eigenvalue weighted by Gasteiger charge is 2.32. The summed E-state index contributed by atoms with van der Waals surface area (Å²) in [4.78, 5) is 14.2. The Kier molecular flexibility index (Phi) is 8.57. The van der Waals surface area contributed by atoms with Gasteiger partial charge in [-0.05, 0) is 51.1 Å². The highest BCUT2D eigenvalue weighted by Crippen LogP contribution is 2.38. The number of likely N-dealkylation sites (N-methyl/N-ethyl adjacent to an activating group) is 1. The van der Waals surface area contributed by atoms with Crippen LogP contribution in [0.25, 0.3) is 0 Å². The van der Waals surface area contributed by atoms with Crippen LogP contribution in [0.5, 0.6) is 0 Å². The van der Waals surface area contributed by atoms with Crippen LogP contribution < -0.4 is 10.0 Å². The van der Waals surface area contributed by atoms with Gasteiger partial charge in [-0.1, -0.05) is 25.5 Å². The van der Waals surface area contributed by atoms with Crippen molar-refractivity contribution in [3.63, 3.8) is 0 Å². The Morgan fingerprint density at radius 1 is 1.36 bits per heavy atom. The first-order valence-corrected chi connectivity index (χ1v) is 10.9. The van der Waals surface area contributed by atoms with Gasteiger partial charge in [-0.25, -0.2) is 13.1 Å². The Bertz CT molecular complexity index is 570. The lowest BCUT2D eigenvalue weighted by Crippen LogP contribution is -2.38. The molecule has 0 saturated carbocycles. The number of nitrogens with zero attached hydrogens (tertiary/aromatic N) is 1. The van der Waals surface area contributed by atoms with Crippen molar-refractivity contribution in [1.82, 2.24) is 14.9 Å². The van der Waals surface area contributed by atoms with Crippen molar-refractivity contribution in [3.05, 3.63) is 11.6 Å². The first-order valence-electron chi connectivity index (χ1n) is 9.04. The summed E-state index contributed by atoms with van der Waals surface area (Å²) >= 11 is 0. The van der Waals surface area contributed by atoms with Gasteiger partial charge in [0.1, 0.15) is 0 Å². The van der Waals surface area contributed by atoms with Crippen LogP contribution >= 0.6 is 0 Å². The van der Waals surface area contributed by atoms with E-state index in [4.69, 9.17) is 0 Å². The number of carbonyl (C=O) groups is 1. The Balaban J connectivity index is 2.70. The smallest absolute Gasteiger partial charge is 0.220 e. The number of rotatable bonds is 9. The van der Waals surface area contributed by atoms with E-state index in [9.17, 15) is 13.2 Å². The minimum atomic E-state index is -3.19. The number of nitrogens with one attached hydrogen (secondary N) is 2. The zero-order valence-corrected chi connectivity index (χ0v) is 17.3. The summed E-state index contributed by atoms with van der Waals surface area (Å²) < 4.78 is 25.4. The van der Waals surface area contributed by atoms with Crippen LogP contribution in [-0.2, 0) is 14.8 Å². The molecule has 1 aliphatic rings. The van der Waals surface area contributed by atoms with Crippen molar-refractivity contribution in [2.45, 2.75) is 33.6 Å². The molecule has 0 unspecified atom stereocenters. The quantitative estimate of drug-likeness (QED) is 0.600. The molecule has 0 fully saturated rings. The van der Waals surface area contributed by atoms with Crippen LogP contribution in [0.15, 0.2) is 11.6 Å². The Labute approximate surface area is 153 Å². The number of hydrogen-bond donors (Lipinski definition) is 2. The third-order valence-electron chi connectivity index (χ3n) is 4.98. The van der Waals surface area contributed by atoms with Crippen LogP contribution in [0.3, 0.4) is 0 Å². The van der Waals surface area contributed by atoms with Crippen LogP contribution in [0.4, 0.5) is 0 Å². The largest absolute Gasteiger partial charge is 0.355 e. The second-order valence-corrected chi connectivity index (χ2v) is 9.73. The predicted octanol–water partition coefficient (Wildman–Crippen LogP) is 1.46. The molecule has 2 N–H and O–H groups in total. The molecule has 1 rings (SSSR count). The van der Waals surface area contributed by atoms with Crippen LogP contribution in [0.2, 0.25) is 0 Å². The lowest BCUT2D eigenvalue weighted by atomic mass is 9.70. The molecule has 6 nitrogen and oxygen atoms in total. The highest BCUT2D eigenvalue weighted by atomic mass is 32.2. The minimum Gasteiger partial charge on any atom is -0.355 e. The average molecular weight is 374 g/mol. The molecule has 0 aromatic heterocycles. The van der Waals surface area contributed by atoms with Gasteiger partial charge in [0.05, 0.1) is 6.26 Å². The van der Waals surface area contributed by atoms with E-state index in [-0.39, 0.29) is 17.7 Å². The first kappa shape index (κ1) is 22.1. The van der Waals surface area contributed by atoms with Crippen molar-refractivity contribution in [2.75, 3.05) is 40.0 Å². The molecule has 1 aliphatic carbocycles. The molecule has 0 saturated heterocycles. The molecule has 0 spiro atoms. The third-order valence-corrected chi connectivity index (χ3v) is 5.67. The maximum Gasteiger partial charge on any atom is 0.220 e. The maximum absolute atomic E-state index is 12.2. The van der Waals surface area contributed by atoms with Gasteiger partial charge in [0, 0.05) is 26.1 Å². The Hall–Kier alpha value is -0.920. The SMILES string of the molecule is CC1=C[C@@H](CNS(C)(=O)=O)[C@H](C(C)C)C[C@H]1CC(=O)NCCN(C)C. The van der Waals surface area contributed by atoms with Gasteiger partial charge < -0.3 is 10.2 Å². The Morgan fingerprint density at radius 2 is 2.00 bits per heavy atom. The molecule has 25 heavy (non-hydrogen) atoms. The lowest BCUT2D eigenvalue weighted by molar-refractivity contribution is -0.122. The predicted molar refractivity (Wildman–Crippen MR) is 103 cm³/mol. The molecule has 0 aromatic carbocycles. The number of amides is 1. The summed E-state index contributed by atoms with van der Waals surface area (Å²) in [6.07, 6.45) is 4.80. The lowest BCUT2D eigenvalue weighted by Gasteiger charge is -2.37. The average Bonchev–Trinajstić information content (AvgIpc) is 2.45. The standard InChI is InChI=1S/C18H35N3O3S/c1-13(2)17-10-15(11-18(22)19-7-8-21(4)5)14(3)9-16(17)12-20-25(6,23)24/h9,13,15-17,20H,7-8,10-12H2,1-6H3,(H,19,22)/t15-,16-,17-/m0/s1. The molecule has 3 atom stereocenters. The van der Waals surface area contributed by atoms with Gasteiger partial charge in [0.25, 0.3) is 0 Å². The molecule has 0 radical (unpaired) electrons. The molecule has 0 aromatic rings. The summed E-state index contributed by atoms with van der Waals surface area (Å²) in [6, 6.07) is 0. The second kappa shape index (κ2) is 9.69. The van der Waals surface area contributed by atoms with E-state index in [0.29, 0.717) is 31.3 Å². The number of allylic oxidation sites excluding steroid dienone is 1.